The first-order valence-corrected chi connectivity index (χ1v) is 7.47. The van der Waals surface area contributed by atoms with E-state index in [0.717, 1.165) is 27.1 Å². The molecule has 2 aromatic heterocycles. The second-order valence-corrected chi connectivity index (χ2v) is 5.75. The Hall–Kier alpha value is -1.78. The lowest BCUT2D eigenvalue weighted by Crippen LogP contribution is -1.90. The summed E-state index contributed by atoms with van der Waals surface area (Å²) in [5.41, 5.74) is 7.51. The molecule has 3 aromatic rings. The van der Waals surface area contributed by atoms with Gasteiger partial charge < -0.3 is 5.73 Å². The summed E-state index contributed by atoms with van der Waals surface area (Å²) in [6.07, 6.45) is 1.77. The highest BCUT2D eigenvalue weighted by Crippen LogP contribution is 2.28. The van der Waals surface area contributed by atoms with Crippen LogP contribution < -0.4 is 5.73 Å². The molecule has 0 amide bonds. The molecule has 0 unspecified atom stereocenters. The first-order valence-electron chi connectivity index (χ1n) is 6.11. The number of nitrogens with two attached hydrogens (primary N) is 1. The molecule has 20 heavy (non-hydrogen) atoms. The van der Waals surface area contributed by atoms with Gasteiger partial charge >= 0.3 is 0 Å². The van der Waals surface area contributed by atoms with Crippen LogP contribution in [0.1, 0.15) is 5.56 Å². The van der Waals surface area contributed by atoms with Crippen molar-refractivity contribution in [3.8, 4) is 0 Å². The molecular weight excluding hydrogens is 290 g/mol. The SMILES string of the molecule is Nc1ccc(SCc2cc3ccccc3nc2Cl)cn1. The highest BCUT2D eigenvalue weighted by molar-refractivity contribution is 7.98. The fraction of sp³-hybridized carbons (Fsp3) is 0.0667. The first kappa shape index (κ1) is 13.2. The second kappa shape index (κ2) is 5.69. The summed E-state index contributed by atoms with van der Waals surface area (Å²) in [5, 5.41) is 1.66. The van der Waals surface area contributed by atoms with Gasteiger partial charge in [-0.1, -0.05) is 29.8 Å². The lowest BCUT2D eigenvalue weighted by atomic mass is 10.2. The van der Waals surface area contributed by atoms with Crippen LogP contribution in [0.2, 0.25) is 5.15 Å². The van der Waals surface area contributed by atoms with E-state index < -0.39 is 0 Å². The van der Waals surface area contributed by atoms with Gasteiger partial charge in [-0.05, 0) is 24.3 Å². The van der Waals surface area contributed by atoms with Gasteiger partial charge in [-0.3, -0.25) is 0 Å². The average molecular weight is 302 g/mol. The number of aromatic nitrogens is 2. The number of nitrogen functional groups attached to an aromatic ring is 1. The molecule has 0 radical (unpaired) electrons. The van der Waals surface area contributed by atoms with Gasteiger partial charge in [0.05, 0.1) is 5.52 Å². The van der Waals surface area contributed by atoms with E-state index in [9.17, 15) is 0 Å². The number of anilines is 1. The summed E-state index contributed by atoms with van der Waals surface area (Å²) in [5.74, 6) is 1.28. The third-order valence-corrected chi connectivity index (χ3v) is 4.26. The van der Waals surface area contributed by atoms with Crippen molar-refractivity contribution in [2.24, 2.45) is 0 Å². The number of benzene rings is 1. The molecule has 0 aliphatic heterocycles. The minimum Gasteiger partial charge on any atom is -0.384 e. The van der Waals surface area contributed by atoms with Gasteiger partial charge in [-0.2, -0.15) is 0 Å². The van der Waals surface area contributed by atoms with E-state index in [1.54, 1.807) is 24.0 Å². The fourth-order valence-electron chi connectivity index (χ4n) is 1.88. The third-order valence-electron chi connectivity index (χ3n) is 2.90. The van der Waals surface area contributed by atoms with Crippen LogP contribution in [0.3, 0.4) is 0 Å². The monoisotopic (exact) mass is 301 g/mol. The summed E-state index contributed by atoms with van der Waals surface area (Å²) in [6.45, 7) is 0. The Morgan fingerprint density at radius 3 is 2.80 bits per heavy atom. The number of halogens is 1. The molecule has 0 spiro atoms. The fourth-order valence-corrected chi connectivity index (χ4v) is 3.00. The van der Waals surface area contributed by atoms with Crippen molar-refractivity contribution in [3.05, 3.63) is 59.4 Å². The predicted octanol–water partition coefficient (Wildman–Crippen LogP) is 4.16. The van der Waals surface area contributed by atoms with E-state index >= 15 is 0 Å². The largest absolute Gasteiger partial charge is 0.384 e. The number of para-hydroxylation sites is 1. The van der Waals surface area contributed by atoms with Gasteiger partial charge in [0.25, 0.3) is 0 Å². The molecule has 0 fully saturated rings. The third kappa shape index (κ3) is 2.86. The number of rotatable bonds is 3. The Morgan fingerprint density at radius 2 is 2.00 bits per heavy atom. The van der Waals surface area contributed by atoms with Gasteiger partial charge in [0.2, 0.25) is 0 Å². The van der Waals surface area contributed by atoms with Crippen molar-refractivity contribution in [1.29, 1.82) is 0 Å². The minimum atomic E-state index is 0.528. The van der Waals surface area contributed by atoms with E-state index in [4.69, 9.17) is 17.3 Å². The Labute approximate surface area is 126 Å². The number of fused-ring (bicyclic) bond motifs is 1. The van der Waals surface area contributed by atoms with Gasteiger partial charge in [0.15, 0.2) is 0 Å². The van der Waals surface area contributed by atoms with E-state index in [-0.39, 0.29) is 0 Å². The molecule has 0 aliphatic carbocycles. The molecule has 0 atom stereocenters. The average Bonchev–Trinajstić information content (AvgIpc) is 2.47. The maximum absolute atomic E-state index is 6.23. The van der Waals surface area contributed by atoms with E-state index in [1.165, 1.54) is 0 Å². The molecule has 5 heteroatoms. The lowest BCUT2D eigenvalue weighted by Gasteiger charge is -2.06. The second-order valence-electron chi connectivity index (χ2n) is 4.34. The summed E-state index contributed by atoms with van der Waals surface area (Å²) in [7, 11) is 0. The van der Waals surface area contributed by atoms with Gasteiger partial charge in [-0.15, -0.1) is 11.8 Å². The summed E-state index contributed by atoms with van der Waals surface area (Å²) >= 11 is 7.90. The number of nitrogens with zero attached hydrogens (tertiary/aromatic N) is 2. The van der Waals surface area contributed by atoms with Crippen molar-refractivity contribution in [1.82, 2.24) is 9.97 Å². The molecule has 0 bridgehead atoms. The predicted molar refractivity (Wildman–Crippen MR) is 85.0 cm³/mol. The molecule has 1 aromatic carbocycles. The zero-order valence-electron chi connectivity index (χ0n) is 10.6. The molecule has 100 valence electrons. The molecule has 0 saturated carbocycles. The molecule has 2 heterocycles. The van der Waals surface area contributed by atoms with Crippen molar-refractivity contribution >= 4 is 40.1 Å². The van der Waals surface area contributed by atoms with Gasteiger partial charge in [-0.25, -0.2) is 9.97 Å². The topological polar surface area (TPSA) is 51.8 Å². The van der Waals surface area contributed by atoms with Gasteiger partial charge in [0.1, 0.15) is 11.0 Å². The highest BCUT2D eigenvalue weighted by Gasteiger charge is 2.05. The van der Waals surface area contributed by atoms with Crippen LogP contribution in [0.25, 0.3) is 10.9 Å². The van der Waals surface area contributed by atoms with E-state index in [0.29, 0.717) is 11.0 Å². The summed E-state index contributed by atoms with van der Waals surface area (Å²) in [6, 6.07) is 13.8. The molecular formula is C15H12ClN3S. The maximum atomic E-state index is 6.23. The minimum absolute atomic E-state index is 0.528. The van der Waals surface area contributed by atoms with Crippen LogP contribution in [-0.4, -0.2) is 9.97 Å². The maximum Gasteiger partial charge on any atom is 0.133 e. The van der Waals surface area contributed by atoms with Crippen LogP contribution in [0.15, 0.2) is 53.6 Å². The highest BCUT2D eigenvalue weighted by atomic mass is 35.5. The van der Waals surface area contributed by atoms with Crippen LogP contribution in [0.4, 0.5) is 5.82 Å². The van der Waals surface area contributed by atoms with Crippen LogP contribution in [0.5, 0.6) is 0 Å². The molecule has 3 rings (SSSR count). The van der Waals surface area contributed by atoms with Gasteiger partial charge in [0, 0.05) is 27.8 Å². The van der Waals surface area contributed by atoms with Crippen molar-refractivity contribution in [2.45, 2.75) is 10.6 Å². The summed E-state index contributed by atoms with van der Waals surface area (Å²) < 4.78 is 0. The molecule has 3 nitrogen and oxygen atoms in total. The van der Waals surface area contributed by atoms with Crippen LogP contribution in [0, 0.1) is 0 Å². The molecule has 0 aliphatic rings. The Kier molecular flexibility index (Phi) is 3.76. The zero-order chi connectivity index (χ0) is 13.9. The van der Waals surface area contributed by atoms with Crippen LogP contribution >= 0.6 is 23.4 Å². The van der Waals surface area contributed by atoms with E-state index in [1.807, 2.05) is 30.3 Å². The van der Waals surface area contributed by atoms with Crippen molar-refractivity contribution in [3.63, 3.8) is 0 Å². The number of hydrogen-bond acceptors (Lipinski definition) is 4. The van der Waals surface area contributed by atoms with E-state index in [2.05, 4.69) is 16.0 Å². The number of thioether (sulfide) groups is 1. The Morgan fingerprint density at radius 1 is 1.15 bits per heavy atom. The Bertz CT molecular complexity index is 744. The first-order chi connectivity index (χ1) is 9.72. The summed E-state index contributed by atoms with van der Waals surface area (Å²) in [4.78, 5) is 9.55. The zero-order valence-corrected chi connectivity index (χ0v) is 12.2. The number of pyridine rings is 2. The Balaban J connectivity index is 1.83. The smallest absolute Gasteiger partial charge is 0.133 e. The van der Waals surface area contributed by atoms with Crippen molar-refractivity contribution < 1.29 is 0 Å². The standard InChI is InChI=1S/C15H12ClN3S/c16-15-11(7-10-3-1-2-4-13(10)19-15)9-20-12-5-6-14(17)18-8-12/h1-8H,9H2,(H2,17,18). The van der Waals surface area contributed by atoms with Crippen LogP contribution in [-0.2, 0) is 5.75 Å². The molecule has 0 saturated heterocycles. The van der Waals surface area contributed by atoms with Crippen molar-refractivity contribution in [2.75, 3.05) is 5.73 Å². The quantitative estimate of drug-likeness (QED) is 0.583. The lowest BCUT2D eigenvalue weighted by molar-refractivity contribution is 1.24. The normalized spacial score (nSPS) is 10.8. The number of hydrogen-bond donors (Lipinski definition) is 1. The molecule has 2 N–H and O–H groups in total.